The Labute approximate surface area is 105 Å². The second-order valence-electron chi connectivity index (χ2n) is 4.50. The third-order valence-corrected chi connectivity index (χ3v) is 3.00. The molecule has 2 aliphatic heterocycles. The Hall–Kier alpha value is -2.34. The molecule has 0 spiro atoms. The first-order valence-corrected chi connectivity index (χ1v) is 5.64. The number of anilines is 1. The number of amidine groups is 1. The number of aromatic hydroxyl groups is 1. The van der Waals surface area contributed by atoms with Gasteiger partial charge in [-0.2, -0.15) is 0 Å². The third kappa shape index (κ3) is 1.54. The fourth-order valence-corrected chi connectivity index (χ4v) is 2.04. The number of phenols is 1. The van der Waals surface area contributed by atoms with E-state index in [2.05, 4.69) is 20.9 Å². The predicted octanol–water partition coefficient (Wildman–Crippen LogP) is 1.36. The van der Waals surface area contributed by atoms with Crippen LogP contribution in [0.3, 0.4) is 0 Å². The molecule has 92 valence electrons. The molecule has 6 heteroatoms. The minimum absolute atomic E-state index is 0.239. The summed E-state index contributed by atoms with van der Waals surface area (Å²) in [4.78, 5) is 0. The molecule has 1 unspecified atom stereocenters. The van der Waals surface area contributed by atoms with Crippen LogP contribution >= 0.6 is 0 Å². The number of likely N-dealkylation sites (N-methyl/N-ethyl adjacent to an activating group) is 1. The maximum Gasteiger partial charge on any atom is 0.357 e. The Morgan fingerprint density at radius 1 is 1.22 bits per heavy atom. The van der Waals surface area contributed by atoms with Crippen molar-refractivity contribution in [3.63, 3.8) is 0 Å². The van der Waals surface area contributed by atoms with Gasteiger partial charge in [0.2, 0.25) is 0 Å². The molecule has 18 heavy (non-hydrogen) atoms. The molecule has 1 atom stereocenters. The molecule has 0 amide bonds. The second-order valence-corrected chi connectivity index (χ2v) is 4.50. The lowest BCUT2D eigenvalue weighted by molar-refractivity contribution is -0.762. The molecule has 1 aromatic rings. The van der Waals surface area contributed by atoms with Gasteiger partial charge < -0.3 is 5.11 Å². The fraction of sp³-hybridized carbons (Fsp3) is 0.167. The maximum absolute atomic E-state index is 9.25. The van der Waals surface area contributed by atoms with Crippen LogP contribution in [0.15, 0.2) is 46.2 Å². The van der Waals surface area contributed by atoms with Crippen LogP contribution < -0.4 is 10.7 Å². The number of quaternary nitrogens is 1. The summed E-state index contributed by atoms with van der Waals surface area (Å²) in [5.74, 6) is 1.79. The van der Waals surface area contributed by atoms with Gasteiger partial charge in [0.15, 0.2) is 0 Å². The van der Waals surface area contributed by atoms with E-state index in [9.17, 15) is 5.11 Å². The van der Waals surface area contributed by atoms with Crippen LogP contribution in [0.4, 0.5) is 5.69 Å². The molecule has 0 saturated carbocycles. The van der Waals surface area contributed by atoms with Crippen LogP contribution in [-0.2, 0) is 0 Å². The number of nitrogens with zero attached hydrogens (tertiary/aromatic N) is 3. The van der Waals surface area contributed by atoms with Gasteiger partial charge in [-0.25, -0.2) is 5.43 Å². The van der Waals surface area contributed by atoms with Gasteiger partial charge in [-0.05, 0) is 31.2 Å². The van der Waals surface area contributed by atoms with Crippen molar-refractivity contribution in [3.05, 3.63) is 36.0 Å². The Morgan fingerprint density at radius 2 is 1.94 bits per heavy atom. The van der Waals surface area contributed by atoms with Crippen molar-refractivity contribution < 1.29 is 9.70 Å². The van der Waals surface area contributed by atoms with Gasteiger partial charge in [0.05, 0.1) is 5.70 Å². The quantitative estimate of drug-likeness (QED) is 0.516. The van der Waals surface area contributed by atoms with E-state index in [0.717, 1.165) is 17.2 Å². The van der Waals surface area contributed by atoms with E-state index in [1.165, 1.54) is 0 Å². The van der Waals surface area contributed by atoms with Gasteiger partial charge in [0, 0.05) is 11.8 Å². The summed E-state index contributed by atoms with van der Waals surface area (Å²) in [5, 5.41) is 20.7. The molecular weight excluding hydrogens is 230 g/mol. The third-order valence-electron chi connectivity index (χ3n) is 3.00. The summed E-state index contributed by atoms with van der Waals surface area (Å²) in [6.45, 7) is 1.99. The zero-order valence-corrected chi connectivity index (χ0v) is 10.2. The number of phenolic OH excluding ortho intramolecular Hbond substituents is 1. The van der Waals surface area contributed by atoms with Crippen molar-refractivity contribution in [2.24, 2.45) is 10.2 Å². The largest absolute Gasteiger partial charge is 0.508 e. The van der Waals surface area contributed by atoms with Crippen molar-refractivity contribution in [1.29, 1.82) is 0 Å². The number of allylic oxidation sites excluding steroid dienone is 1. The standard InChI is InChI=1S/C12H13N5O/c1-8-7-11-14-15-12(17(11,2)16-8)13-9-3-5-10(18)6-4-9/h3-7H,1-2H3,(H2-,13,14,15,16,18)/p+1. The Kier molecular flexibility index (Phi) is 2.14. The van der Waals surface area contributed by atoms with E-state index < -0.39 is 0 Å². The summed E-state index contributed by atoms with van der Waals surface area (Å²) < 4.78 is 0.340. The smallest absolute Gasteiger partial charge is 0.357 e. The average molecular weight is 244 g/mol. The number of benzene rings is 1. The number of hydrogen-bond acceptors (Lipinski definition) is 5. The molecule has 6 nitrogen and oxygen atoms in total. The highest BCUT2D eigenvalue weighted by Gasteiger charge is 2.45. The molecule has 0 fully saturated rings. The fourth-order valence-electron chi connectivity index (χ4n) is 2.04. The van der Waals surface area contributed by atoms with Crippen LogP contribution in [0.5, 0.6) is 5.75 Å². The summed E-state index contributed by atoms with van der Waals surface area (Å²) in [6.07, 6.45) is 1.97. The number of rotatable bonds is 1. The van der Waals surface area contributed by atoms with E-state index in [4.69, 9.17) is 0 Å². The Bertz CT molecular complexity index is 587. The molecule has 0 bridgehead atoms. The van der Waals surface area contributed by atoms with Crippen LogP contribution in [0.2, 0.25) is 0 Å². The van der Waals surface area contributed by atoms with Gasteiger partial charge in [0.25, 0.3) is 5.84 Å². The molecule has 1 aromatic carbocycles. The first-order chi connectivity index (χ1) is 8.58. The van der Waals surface area contributed by atoms with Crippen LogP contribution in [0.25, 0.3) is 0 Å². The van der Waals surface area contributed by atoms with E-state index in [1.54, 1.807) is 24.3 Å². The lowest BCUT2D eigenvalue weighted by Crippen LogP contribution is -2.58. The van der Waals surface area contributed by atoms with Gasteiger partial charge >= 0.3 is 5.96 Å². The number of nitrogens with one attached hydrogen (secondary N) is 2. The topological polar surface area (TPSA) is 69.0 Å². The zero-order chi connectivity index (χ0) is 12.8. The van der Waals surface area contributed by atoms with Crippen LogP contribution in [-0.4, -0.2) is 28.5 Å². The summed E-state index contributed by atoms with van der Waals surface area (Å²) in [7, 11) is 1.98. The summed E-state index contributed by atoms with van der Waals surface area (Å²) >= 11 is 0. The molecule has 3 N–H and O–H groups in total. The second kappa shape index (κ2) is 3.58. The number of hydrogen-bond donors (Lipinski definition) is 3. The van der Waals surface area contributed by atoms with E-state index >= 15 is 0 Å². The van der Waals surface area contributed by atoms with Crippen LogP contribution in [0.1, 0.15) is 6.92 Å². The zero-order valence-electron chi connectivity index (χ0n) is 10.2. The lowest BCUT2D eigenvalue weighted by Gasteiger charge is -2.25. The maximum atomic E-state index is 9.25. The van der Waals surface area contributed by atoms with Gasteiger partial charge in [-0.1, -0.05) is 10.2 Å². The summed E-state index contributed by atoms with van der Waals surface area (Å²) in [5.41, 5.74) is 5.21. The highest BCUT2D eigenvalue weighted by molar-refractivity contribution is 6.04. The molecule has 0 saturated heterocycles. The normalized spacial score (nSPS) is 24.9. The molecule has 2 aliphatic rings. The van der Waals surface area contributed by atoms with Crippen molar-refractivity contribution >= 4 is 17.5 Å². The van der Waals surface area contributed by atoms with Gasteiger partial charge in [0.1, 0.15) is 12.8 Å². The molecule has 0 radical (unpaired) electrons. The highest BCUT2D eigenvalue weighted by atomic mass is 16.3. The molecule has 0 aromatic heterocycles. The van der Waals surface area contributed by atoms with Crippen LogP contribution in [0, 0.1) is 0 Å². The molecule has 3 rings (SSSR count). The first kappa shape index (κ1) is 10.8. The average Bonchev–Trinajstić information content (AvgIpc) is 2.76. The minimum Gasteiger partial charge on any atom is -0.508 e. The predicted molar refractivity (Wildman–Crippen MR) is 69.7 cm³/mol. The van der Waals surface area contributed by atoms with Gasteiger partial charge in [-0.3, -0.25) is 5.32 Å². The lowest BCUT2D eigenvalue weighted by atomic mass is 10.3. The van der Waals surface area contributed by atoms with Crippen molar-refractivity contribution in [2.75, 3.05) is 12.4 Å². The van der Waals surface area contributed by atoms with E-state index in [-0.39, 0.29) is 5.75 Å². The van der Waals surface area contributed by atoms with Gasteiger partial charge in [-0.15, -0.1) is 4.59 Å². The molecular formula is C12H14N5O+. The van der Waals surface area contributed by atoms with Crippen molar-refractivity contribution in [2.45, 2.75) is 6.92 Å². The number of guanidine groups is 1. The summed E-state index contributed by atoms with van der Waals surface area (Å²) in [6, 6.07) is 6.83. The minimum atomic E-state index is 0.239. The SMILES string of the molecule is CC1=CC2=NN=C(Nc3ccc(O)cc3)[N+]2(C)N1. The van der Waals surface area contributed by atoms with Crippen molar-refractivity contribution in [3.8, 4) is 5.75 Å². The molecule has 2 heterocycles. The number of fused-ring (bicyclic) bond motifs is 1. The van der Waals surface area contributed by atoms with E-state index in [0.29, 0.717) is 10.6 Å². The Morgan fingerprint density at radius 3 is 2.67 bits per heavy atom. The molecule has 0 aliphatic carbocycles. The highest BCUT2D eigenvalue weighted by Crippen LogP contribution is 2.22. The van der Waals surface area contributed by atoms with Crippen molar-refractivity contribution in [1.82, 2.24) is 5.43 Å². The monoisotopic (exact) mass is 244 g/mol. The first-order valence-electron chi connectivity index (χ1n) is 5.64. The Balaban J connectivity index is 1.82. The van der Waals surface area contributed by atoms with E-state index in [1.807, 2.05) is 20.0 Å².